The molecule has 0 spiro atoms. The summed E-state index contributed by atoms with van der Waals surface area (Å²) in [6.07, 6.45) is 8.40. The standard InChI is InChI=1S/C12H10N2.2HNO2.NO.H2O.Ru/c1-3-9-5-6-10-4-2-8-14-12(10)11(9)13-7-1;2*2-1-3;1-2;;/h1-6H,7-8H2;2*(H,2,3);;1H2;/q-2;;;+1;;+2/p-2. The van der Waals surface area contributed by atoms with Crippen LogP contribution in [-0.4, -0.2) is 18.6 Å². The van der Waals surface area contributed by atoms with E-state index in [-0.39, 0.29) is 25.0 Å². The van der Waals surface area contributed by atoms with Crippen molar-refractivity contribution >= 4 is 23.5 Å². The van der Waals surface area contributed by atoms with Crippen molar-refractivity contribution in [2.45, 2.75) is 0 Å². The Labute approximate surface area is 149 Å². The van der Waals surface area contributed by atoms with Gasteiger partial charge in [-0.25, -0.2) is 0 Å². The van der Waals surface area contributed by atoms with Gasteiger partial charge in [0.2, 0.25) is 0 Å². The van der Waals surface area contributed by atoms with Crippen LogP contribution in [0, 0.1) is 25.7 Å². The summed E-state index contributed by atoms with van der Waals surface area (Å²) in [5.74, 6) is 0. The topological polar surface area (TPSA) is 208 Å². The molecule has 0 unspecified atom stereocenters. The minimum Gasteiger partial charge on any atom is -0.444 e. The summed E-state index contributed by atoms with van der Waals surface area (Å²) in [6, 6.07) is 4.22. The fourth-order valence-corrected chi connectivity index (χ4v) is 1.86. The fraction of sp³-hybridized carbons (Fsp3) is 0.167. The number of benzene rings is 1. The zero-order valence-electron chi connectivity index (χ0n) is 12.0. The molecule has 0 radical (unpaired) electrons. The molecule has 0 atom stereocenters. The molecule has 0 fully saturated rings. The van der Waals surface area contributed by atoms with Gasteiger partial charge < -0.3 is 36.3 Å². The van der Waals surface area contributed by atoms with Crippen molar-refractivity contribution in [3.05, 3.63) is 66.3 Å². The Morgan fingerprint density at radius 2 is 1.21 bits per heavy atom. The van der Waals surface area contributed by atoms with Crippen molar-refractivity contribution < 1.29 is 29.7 Å². The van der Waals surface area contributed by atoms with Crippen LogP contribution in [-0.2, 0) is 24.3 Å². The van der Waals surface area contributed by atoms with E-state index in [1.165, 1.54) is 11.1 Å². The molecule has 3 rings (SSSR count). The van der Waals surface area contributed by atoms with Gasteiger partial charge in [0.15, 0.2) is 0 Å². The number of nitrogens with zero attached hydrogens (tertiary/aromatic N) is 5. The largest absolute Gasteiger partial charge is 2.00 e. The summed E-state index contributed by atoms with van der Waals surface area (Å²) >= 11 is 0. The van der Waals surface area contributed by atoms with Crippen molar-refractivity contribution in [2.75, 3.05) is 13.1 Å². The SMILES string of the molecule is C1=Cc2ccc3c(c2[N-]C1)[N-]CC=C3.N#[O+].O.O=N[O-].O=N[O-].[Ru+2]. The summed E-state index contributed by atoms with van der Waals surface area (Å²) in [7, 11) is 0. The van der Waals surface area contributed by atoms with Crippen LogP contribution >= 0.6 is 0 Å². The Morgan fingerprint density at radius 3 is 1.50 bits per heavy atom. The maximum absolute atomic E-state index is 8.00. The molecule has 0 saturated carbocycles. The molecule has 1 aromatic rings. The molecule has 0 amide bonds. The summed E-state index contributed by atoms with van der Waals surface area (Å²) < 4.78 is 7.25. The van der Waals surface area contributed by atoms with Crippen molar-refractivity contribution in [1.29, 1.82) is 5.46 Å². The molecule has 0 aliphatic carbocycles. The van der Waals surface area contributed by atoms with Crippen molar-refractivity contribution in [1.82, 2.24) is 0 Å². The Kier molecular flexibility index (Phi) is 18.3. The molecular formula is C12H12N5O6Ru-. The molecule has 2 N–H and O–H groups in total. The van der Waals surface area contributed by atoms with Gasteiger partial charge >= 0.3 is 29.7 Å². The van der Waals surface area contributed by atoms with Crippen molar-refractivity contribution in [2.24, 2.45) is 10.7 Å². The summed E-state index contributed by atoms with van der Waals surface area (Å²) in [4.78, 5) is 16.0. The first-order valence-corrected chi connectivity index (χ1v) is 5.71. The average Bonchev–Trinajstić information content (AvgIpc) is 2.58. The fourth-order valence-electron chi connectivity index (χ4n) is 1.86. The van der Waals surface area contributed by atoms with Crippen LogP contribution in [0.1, 0.15) is 11.1 Å². The van der Waals surface area contributed by atoms with E-state index in [2.05, 4.69) is 47.1 Å². The molecule has 130 valence electrons. The van der Waals surface area contributed by atoms with E-state index >= 15 is 0 Å². The van der Waals surface area contributed by atoms with Gasteiger partial charge in [-0.05, 0) is 11.1 Å². The normalized spacial score (nSPS) is 10.8. The van der Waals surface area contributed by atoms with Gasteiger partial charge in [0.25, 0.3) is 0 Å². The average molecular weight is 423 g/mol. The molecular weight excluding hydrogens is 411 g/mol. The van der Waals surface area contributed by atoms with Crippen LogP contribution < -0.4 is 0 Å². The number of fused-ring (bicyclic) bond motifs is 3. The first kappa shape index (κ1) is 26.3. The first-order valence-electron chi connectivity index (χ1n) is 5.71. The second kappa shape index (κ2) is 16.7. The quantitative estimate of drug-likeness (QED) is 0.265. The third-order valence-corrected chi connectivity index (χ3v) is 2.52. The monoisotopic (exact) mass is 424 g/mol. The second-order valence-corrected chi connectivity index (χ2v) is 3.58. The predicted octanol–water partition coefficient (Wildman–Crippen LogP) is 3.32. The van der Waals surface area contributed by atoms with Crippen LogP contribution in [0.2, 0.25) is 0 Å². The molecule has 2 heterocycles. The van der Waals surface area contributed by atoms with Gasteiger partial charge in [-0.2, -0.15) is 0 Å². The van der Waals surface area contributed by atoms with E-state index < -0.39 is 0 Å². The second-order valence-electron chi connectivity index (χ2n) is 3.58. The van der Waals surface area contributed by atoms with Crippen LogP contribution in [0.15, 0.2) is 35.0 Å². The Morgan fingerprint density at radius 1 is 0.917 bits per heavy atom. The summed E-state index contributed by atoms with van der Waals surface area (Å²) in [5, 5.41) is 27.0. The zero-order valence-corrected chi connectivity index (χ0v) is 13.7. The molecule has 12 heteroatoms. The zero-order chi connectivity index (χ0) is 16.8. The molecule has 2 aliphatic heterocycles. The van der Waals surface area contributed by atoms with Gasteiger partial charge in [-0.1, -0.05) is 24.3 Å². The van der Waals surface area contributed by atoms with Crippen LogP contribution in [0.4, 0.5) is 11.4 Å². The first-order chi connectivity index (χ1) is 10.8. The van der Waals surface area contributed by atoms with Crippen LogP contribution in [0.25, 0.3) is 22.8 Å². The third-order valence-electron chi connectivity index (χ3n) is 2.52. The molecule has 24 heavy (non-hydrogen) atoms. The van der Waals surface area contributed by atoms with Crippen LogP contribution in [0.3, 0.4) is 0 Å². The van der Waals surface area contributed by atoms with E-state index in [1.54, 1.807) is 0 Å². The maximum Gasteiger partial charge on any atom is 2.00 e. The van der Waals surface area contributed by atoms with Crippen molar-refractivity contribution in [3.8, 4) is 0 Å². The Hall–Kier alpha value is -2.65. The van der Waals surface area contributed by atoms with Gasteiger partial charge in [-0.15, -0.1) is 47.3 Å². The minimum atomic E-state index is 0. The molecule has 0 saturated heterocycles. The minimum absolute atomic E-state index is 0. The van der Waals surface area contributed by atoms with Gasteiger partial charge in [0, 0.05) is 0 Å². The number of hydrogen-bond acceptors (Lipinski definition) is 7. The Balaban J connectivity index is -0.000000386. The Bertz CT molecular complexity index is 532. The molecule has 0 aromatic heterocycles. The van der Waals surface area contributed by atoms with Crippen molar-refractivity contribution in [3.63, 3.8) is 0 Å². The van der Waals surface area contributed by atoms with Gasteiger partial charge in [0.05, 0.1) is 0 Å². The van der Waals surface area contributed by atoms with Gasteiger partial charge in [0.1, 0.15) is 0 Å². The van der Waals surface area contributed by atoms with Crippen LogP contribution in [0.5, 0.6) is 0 Å². The molecule has 2 aliphatic rings. The van der Waals surface area contributed by atoms with Gasteiger partial charge in [-0.3, -0.25) is 0 Å². The van der Waals surface area contributed by atoms with E-state index in [0.29, 0.717) is 0 Å². The molecule has 11 nitrogen and oxygen atoms in total. The maximum atomic E-state index is 8.00. The third kappa shape index (κ3) is 8.11. The van der Waals surface area contributed by atoms with E-state index in [0.717, 1.165) is 35.1 Å². The van der Waals surface area contributed by atoms with E-state index in [9.17, 15) is 0 Å². The van der Waals surface area contributed by atoms with E-state index in [4.69, 9.17) is 30.5 Å². The number of rotatable bonds is 0. The van der Waals surface area contributed by atoms with E-state index in [1.807, 2.05) is 0 Å². The smallest absolute Gasteiger partial charge is 0.444 e. The molecule has 1 aromatic carbocycles. The predicted molar refractivity (Wildman–Crippen MR) is 84.6 cm³/mol. The summed E-state index contributed by atoms with van der Waals surface area (Å²) in [6.45, 7) is 1.56. The number of hydrogen-bond donors (Lipinski definition) is 0. The summed E-state index contributed by atoms with van der Waals surface area (Å²) in [5.41, 5.74) is 10.3. The molecule has 0 bridgehead atoms.